The van der Waals surface area contributed by atoms with Crippen LogP contribution < -0.4 is 15.4 Å². The maximum Gasteiger partial charge on any atom is 0.248 e. The van der Waals surface area contributed by atoms with Gasteiger partial charge in [-0.15, -0.1) is 0 Å². The van der Waals surface area contributed by atoms with Gasteiger partial charge in [0, 0.05) is 46.8 Å². The lowest BCUT2D eigenvalue weighted by Gasteiger charge is -2.16. The number of fused-ring (bicyclic) bond motifs is 1. The molecule has 0 fully saturated rings. The van der Waals surface area contributed by atoms with Gasteiger partial charge in [-0.3, -0.25) is 9.78 Å². The highest BCUT2D eigenvalue weighted by atomic mass is 35.5. The summed E-state index contributed by atoms with van der Waals surface area (Å²) < 4.78 is 147. The molecular weight excluding hydrogens is 445 g/mol. The van der Waals surface area contributed by atoms with Crippen LogP contribution in [0.2, 0.25) is 5.02 Å². The smallest absolute Gasteiger partial charge is 0.248 e. The maximum absolute atomic E-state index is 14.3. The number of likely N-dealkylation sites (N-methyl/N-ethyl adjacent to an activating group) is 1. The molecule has 0 aliphatic heterocycles. The molecule has 2 N–H and O–H groups in total. The van der Waals surface area contributed by atoms with Gasteiger partial charge < -0.3 is 20.3 Å². The second kappa shape index (κ2) is 10.8. The number of amides is 1. The zero-order valence-electron chi connectivity index (χ0n) is 32.6. The zero-order valence-corrected chi connectivity index (χ0v) is 17.4. The topological polar surface area (TPSA) is 90.3 Å². The van der Waals surface area contributed by atoms with E-state index in [1.165, 1.54) is 6.92 Å². The van der Waals surface area contributed by atoms with Gasteiger partial charge >= 0.3 is 0 Å². The molecule has 2 aromatic carbocycles. The summed E-state index contributed by atoms with van der Waals surface area (Å²) in [7, 11) is 0. The number of nitriles is 1. The van der Waals surface area contributed by atoms with Crippen molar-refractivity contribution >= 4 is 45.5 Å². The molecule has 0 saturated carbocycles. The molecule has 0 radical (unpaired) electrons. The van der Waals surface area contributed by atoms with E-state index in [4.69, 9.17) is 38.3 Å². The lowest BCUT2D eigenvalue weighted by atomic mass is 10.1. The van der Waals surface area contributed by atoms with Crippen molar-refractivity contribution in [3.05, 3.63) is 64.9 Å². The van der Waals surface area contributed by atoms with Crippen LogP contribution in [0.3, 0.4) is 0 Å². The van der Waals surface area contributed by atoms with E-state index in [2.05, 4.69) is 10.3 Å². The van der Waals surface area contributed by atoms with Gasteiger partial charge in [-0.05, 0) is 45.0 Å². The average Bonchev–Trinajstić information content (AvgIpc) is 2.98. The van der Waals surface area contributed by atoms with E-state index in [0.717, 1.165) is 0 Å². The Morgan fingerprint density at radius 1 is 1.48 bits per heavy atom. The summed E-state index contributed by atoms with van der Waals surface area (Å²) in [5, 5.41) is 12.9. The quantitative estimate of drug-likeness (QED) is 0.433. The molecular formula is C24H23ClFN5O2. The number of carbonyl (C=O) groups is 1. The number of carbonyl (C=O) groups excluding carboxylic acids is 1. The van der Waals surface area contributed by atoms with Gasteiger partial charge in [-0.1, -0.05) is 17.7 Å². The van der Waals surface area contributed by atoms with Crippen LogP contribution in [0.15, 0.2) is 48.5 Å². The predicted molar refractivity (Wildman–Crippen MR) is 129 cm³/mol. The molecule has 3 aromatic rings. The van der Waals surface area contributed by atoms with Crippen LogP contribution in [0.1, 0.15) is 34.4 Å². The summed E-state index contributed by atoms with van der Waals surface area (Å²) in [5.41, 5.74) is -3.15. The lowest BCUT2D eigenvalue weighted by molar-refractivity contribution is -0.111. The number of anilines is 3. The minimum absolute atomic E-state index is 0.221. The van der Waals surface area contributed by atoms with Crippen molar-refractivity contribution in [1.29, 1.82) is 5.26 Å². The Morgan fingerprint density at radius 2 is 2.30 bits per heavy atom. The summed E-state index contributed by atoms with van der Waals surface area (Å²) in [5.74, 6) is -3.71. The molecule has 1 heterocycles. The van der Waals surface area contributed by atoms with E-state index in [1.54, 1.807) is 6.07 Å². The first-order valence-electron chi connectivity index (χ1n) is 16.9. The van der Waals surface area contributed by atoms with Crippen LogP contribution in [-0.2, 0) is 4.79 Å². The molecule has 0 aliphatic carbocycles. The van der Waals surface area contributed by atoms with Crippen molar-refractivity contribution in [2.24, 2.45) is 0 Å². The molecule has 0 atom stereocenters. The van der Waals surface area contributed by atoms with Crippen molar-refractivity contribution in [3.8, 4) is 11.8 Å². The number of nitrogens with one attached hydrogen (secondary N) is 2. The van der Waals surface area contributed by atoms with Crippen LogP contribution in [0.4, 0.5) is 21.5 Å². The van der Waals surface area contributed by atoms with Crippen molar-refractivity contribution in [2.45, 2.75) is 6.92 Å². The van der Waals surface area contributed by atoms with E-state index < -0.39 is 130 Å². The largest absolute Gasteiger partial charge is 0.492 e. The van der Waals surface area contributed by atoms with Crippen molar-refractivity contribution in [2.75, 3.05) is 37.7 Å². The van der Waals surface area contributed by atoms with Crippen LogP contribution in [0.25, 0.3) is 10.9 Å². The highest BCUT2D eigenvalue weighted by Gasteiger charge is 2.15. The highest BCUT2D eigenvalue weighted by molar-refractivity contribution is 6.31. The molecule has 3 rings (SSSR count). The minimum atomic E-state index is -3.76. The van der Waals surface area contributed by atoms with Crippen molar-refractivity contribution in [3.63, 3.8) is 0 Å². The van der Waals surface area contributed by atoms with Gasteiger partial charge in [-0.25, -0.2) is 4.39 Å². The number of rotatable bonds is 8. The number of pyridine rings is 1. The summed E-state index contributed by atoms with van der Waals surface area (Å²) in [4.78, 5) is 16.5. The number of nitrogens with zero attached hydrogens (tertiary/aromatic N) is 3. The third kappa shape index (κ3) is 5.98. The fourth-order valence-electron chi connectivity index (χ4n) is 2.42. The van der Waals surface area contributed by atoms with Gasteiger partial charge in [0.2, 0.25) is 5.91 Å². The van der Waals surface area contributed by atoms with Crippen LogP contribution in [-0.4, -0.2) is 42.8 Å². The number of halogens is 2. The average molecular weight is 484 g/mol. The van der Waals surface area contributed by atoms with E-state index in [-0.39, 0.29) is 6.61 Å². The third-order valence-corrected chi connectivity index (χ3v) is 3.94. The molecule has 7 nitrogen and oxygen atoms in total. The fraction of sp³-hybridized carbons (Fsp3) is 0.208. The number of benzene rings is 2. The van der Waals surface area contributed by atoms with Gasteiger partial charge in [0.05, 0.1) is 45.1 Å². The Morgan fingerprint density at radius 3 is 3.03 bits per heavy atom. The van der Waals surface area contributed by atoms with E-state index in [1.807, 2.05) is 5.32 Å². The Hall–Kier alpha value is -3.67. The monoisotopic (exact) mass is 483 g/mol. The normalized spacial score (nSPS) is 19.8. The van der Waals surface area contributed by atoms with Gasteiger partial charge in [0.1, 0.15) is 17.6 Å². The first-order chi connectivity index (χ1) is 22.4. The van der Waals surface area contributed by atoms with E-state index in [0.29, 0.717) is 0 Å². The second-order valence-electron chi connectivity index (χ2n) is 5.85. The minimum Gasteiger partial charge on any atom is -0.492 e. The number of hydrogen-bond donors (Lipinski definition) is 2. The summed E-state index contributed by atoms with van der Waals surface area (Å²) in [6.07, 6.45) is -0.785. The summed E-state index contributed by atoms with van der Waals surface area (Å²) in [6.45, 7) is -9.90. The van der Waals surface area contributed by atoms with Gasteiger partial charge in [-0.2, -0.15) is 5.26 Å². The molecule has 170 valence electrons. The fourth-order valence-corrected chi connectivity index (χ4v) is 2.56. The second-order valence-corrected chi connectivity index (χ2v) is 6.23. The third-order valence-electron chi connectivity index (χ3n) is 3.68. The van der Waals surface area contributed by atoms with E-state index >= 15 is 0 Å². The highest BCUT2D eigenvalue weighted by Crippen LogP contribution is 2.36. The van der Waals surface area contributed by atoms with Crippen molar-refractivity contribution in [1.82, 2.24) is 9.88 Å². The SMILES string of the molecule is [2H]/C(C(=O)Nc1c(OCC)c([2H])c2nc([2H])c(C#N)c(Nc3c([2H])c([2H])c(F)c(Cl)c3[2H])c2c1[2H])=C(/[2H])C([2H])([2H])N(C([2H])([2H])[2H])C([2H])([2H])[2H]. The zero-order chi connectivity index (χ0) is 37.7. The molecule has 1 aromatic heterocycles. The molecule has 9 heteroatoms. The lowest BCUT2D eigenvalue weighted by Crippen LogP contribution is -2.13. The van der Waals surface area contributed by atoms with E-state index in [9.17, 15) is 14.4 Å². The number of aromatic nitrogens is 1. The van der Waals surface area contributed by atoms with Gasteiger partial charge in [0.25, 0.3) is 0 Å². The first-order valence-corrected chi connectivity index (χ1v) is 9.25. The van der Waals surface area contributed by atoms with Gasteiger partial charge in [0.15, 0.2) is 0 Å². The van der Waals surface area contributed by atoms with Crippen LogP contribution in [0.5, 0.6) is 5.75 Å². The maximum atomic E-state index is 14.3. The summed E-state index contributed by atoms with van der Waals surface area (Å²) in [6, 6.07) is -6.11. The molecule has 0 aliphatic rings. The van der Waals surface area contributed by atoms with Crippen LogP contribution in [0, 0.1) is 17.1 Å². The molecule has 33 heavy (non-hydrogen) atoms. The molecule has 0 saturated heterocycles. The Labute approximate surface area is 218 Å². The number of ether oxygens (including phenoxy) is 1. The first kappa shape index (κ1) is 10.5. The number of hydrogen-bond acceptors (Lipinski definition) is 6. The Balaban J connectivity index is 2.38. The summed E-state index contributed by atoms with van der Waals surface area (Å²) >= 11 is 5.82. The molecule has 0 unspecified atom stereocenters. The molecule has 0 bridgehead atoms. The standard InChI is InChI=1S/C24H23ClFN5O2/c1-4-33-22-12-20-17(11-21(22)30-23(32)6-5-9-31(2)3)24(15(13-27)14-28-20)29-16-7-8-19(26)18(25)10-16/h5-8,10-12,14H,4,9H2,1-3H3,(H,28,29)(H,30,32)/b6-5+/i2D3,3D3,5D,6D,7D,8D,9D2,10D,11D,12D,14D. The predicted octanol–water partition coefficient (Wildman–Crippen LogP) is 5.10. The molecule has 0 spiro atoms. The molecule has 1 amide bonds. The van der Waals surface area contributed by atoms with Crippen molar-refractivity contribution < 1.29 is 35.9 Å². The van der Waals surface area contributed by atoms with Crippen LogP contribution >= 0.6 is 11.6 Å². The Kier molecular flexibility index (Phi) is 3.43. The Bertz CT molecular complexity index is 1900.